The highest BCUT2D eigenvalue weighted by atomic mass is 32.2. The van der Waals surface area contributed by atoms with Gasteiger partial charge in [0.15, 0.2) is 5.78 Å². The molecule has 2 rings (SSSR count). The fourth-order valence-electron chi connectivity index (χ4n) is 1.88. The predicted molar refractivity (Wildman–Crippen MR) is 84.9 cm³/mol. The van der Waals surface area contributed by atoms with E-state index in [9.17, 15) is 10.1 Å². The Hall–Kier alpha value is -2.63. The number of rotatable bonds is 6. The number of Topliss-reactive ketones (excluding diaryl/α,β-unsaturated/α-hetero) is 1. The van der Waals surface area contributed by atoms with Crippen molar-refractivity contribution in [2.75, 3.05) is 5.75 Å². The maximum atomic E-state index is 12.1. The van der Waals surface area contributed by atoms with Gasteiger partial charge in [-0.15, -0.1) is 11.8 Å². The monoisotopic (exact) mass is 307 g/mol. The van der Waals surface area contributed by atoms with Crippen LogP contribution in [-0.4, -0.2) is 16.5 Å². The molecule has 2 aromatic rings. The van der Waals surface area contributed by atoms with Gasteiger partial charge in [-0.25, -0.2) is 0 Å². The molecule has 1 heterocycles. The normalized spacial score (nSPS) is 11.2. The Morgan fingerprint density at radius 1 is 1.18 bits per heavy atom. The van der Waals surface area contributed by atoms with E-state index >= 15 is 0 Å². The number of carbonyl (C=O) groups excluding carboxylic acids is 1. The van der Waals surface area contributed by atoms with Crippen LogP contribution in [0.15, 0.2) is 48.7 Å². The van der Waals surface area contributed by atoms with Crippen molar-refractivity contribution >= 4 is 17.5 Å². The van der Waals surface area contributed by atoms with Gasteiger partial charge >= 0.3 is 0 Å². The lowest BCUT2D eigenvalue weighted by Gasteiger charge is -2.07. The first-order chi connectivity index (χ1) is 10.7. The van der Waals surface area contributed by atoms with Crippen LogP contribution in [0, 0.1) is 22.7 Å². The van der Waals surface area contributed by atoms with Crippen LogP contribution in [-0.2, 0) is 10.5 Å². The van der Waals surface area contributed by atoms with Gasteiger partial charge in [0.25, 0.3) is 0 Å². The van der Waals surface area contributed by atoms with E-state index in [0.717, 1.165) is 5.56 Å². The summed E-state index contributed by atoms with van der Waals surface area (Å²) in [5.41, 5.74) is 2.15. The lowest BCUT2D eigenvalue weighted by atomic mass is 10.0. The molecule has 0 fully saturated rings. The van der Waals surface area contributed by atoms with Crippen molar-refractivity contribution in [1.82, 2.24) is 4.98 Å². The third-order valence-corrected chi connectivity index (χ3v) is 4.06. The molecule has 1 aromatic carbocycles. The van der Waals surface area contributed by atoms with Gasteiger partial charge < -0.3 is 0 Å². The van der Waals surface area contributed by atoms with Crippen molar-refractivity contribution in [3.63, 3.8) is 0 Å². The number of ketones is 1. The molecule has 0 amide bonds. The minimum absolute atomic E-state index is 0.139. The Kier molecular flexibility index (Phi) is 5.71. The van der Waals surface area contributed by atoms with Crippen LogP contribution in [0.2, 0.25) is 0 Å². The fraction of sp³-hybridized carbons (Fsp3) is 0.176. The molecule has 0 N–H and O–H groups in total. The zero-order valence-corrected chi connectivity index (χ0v) is 12.6. The molecule has 0 aliphatic heterocycles. The molecule has 22 heavy (non-hydrogen) atoms. The van der Waals surface area contributed by atoms with Crippen molar-refractivity contribution in [1.29, 1.82) is 10.5 Å². The van der Waals surface area contributed by atoms with Gasteiger partial charge in [0.2, 0.25) is 0 Å². The average molecular weight is 307 g/mol. The molecule has 0 radical (unpaired) electrons. The van der Waals surface area contributed by atoms with Gasteiger partial charge in [-0.2, -0.15) is 10.5 Å². The molecule has 4 nitrogen and oxygen atoms in total. The van der Waals surface area contributed by atoms with Gasteiger partial charge in [0.1, 0.15) is 5.92 Å². The SMILES string of the molecule is N#Cc1ccc(CSCC(=O)[C@@H](C#N)c2ccccn2)cc1. The van der Waals surface area contributed by atoms with E-state index in [1.54, 1.807) is 36.5 Å². The predicted octanol–water partition coefficient (Wildman–Crippen LogP) is 3.06. The van der Waals surface area contributed by atoms with E-state index in [0.29, 0.717) is 17.0 Å². The topological polar surface area (TPSA) is 77.5 Å². The third-order valence-electron chi connectivity index (χ3n) is 3.03. The highest BCUT2D eigenvalue weighted by Gasteiger charge is 2.20. The van der Waals surface area contributed by atoms with Gasteiger partial charge in [0, 0.05) is 11.9 Å². The molecule has 0 spiro atoms. The zero-order chi connectivity index (χ0) is 15.8. The van der Waals surface area contributed by atoms with E-state index in [4.69, 9.17) is 5.26 Å². The Morgan fingerprint density at radius 2 is 1.95 bits per heavy atom. The summed E-state index contributed by atoms with van der Waals surface area (Å²) in [4.78, 5) is 16.2. The number of thioether (sulfide) groups is 1. The van der Waals surface area contributed by atoms with Crippen molar-refractivity contribution < 1.29 is 4.79 Å². The molecule has 0 aliphatic rings. The smallest absolute Gasteiger partial charge is 0.165 e. The van der Waals surface area contributed by atoms with E-state index in [-0.39, 0.29) is 11.5 Å². The summed E-state index contributed by atoms with van der Waals surface area (Å²) in [6.45, 7) is 0. The van der Waals surface area contributed by atoms with Crippen LogP contribution in [0.4, 0.5) is 0 Å². The lowest BCUT2D eigenvalue weighted by Crippen LogP contribution is -2.14. The number of nitriles is 2. The van der Waals surface area contributed by atoms with Crippen LogP contribution in [0.5, 0.6) is 0 Å². The van der Waals surface area contributed by atoms with Gasteiger partial charge in [0.05, 0.1) is 29.1 Å². The second-order valence-corrected chi connectivity index (χ2v) is 5.57. The molecular formula is C17H13N3OS. The second kappa shape index (κ2) is 7.97. The van der Waals surface area contributed by atoms with Crippen LogP contribution >= 0.6 is 11.8 Å². The van der Waals surface area contributed by atoms with Crippen LogP contribution in [0.3, 0.4) is 0 Å². The van der Waals surface area contributed by atoms with E-state index < -0.39 is 5.92 Å². The number of carbonyl (C=O) groups is 1. The van der Waals surface area contributed by atoms with Crippen molar-refractivity contribution in [2.45, 2.75) is 11.7 Å². The van der Waals surface area contributed by atoms with Crippen molar-refractivity contribution in [2.24, 2.45) is 0 Å². The zero-order valence-electron chi connectivity index (χ0n) is 11.8. The molecule has 0 aliphatic carbocycles. The summed E-state index contributed by atoms with van der Waals surface area (Å²) in [5.74, 6) is -0.0263. The fourth-order valence-corrected chi connectivity index (χ4v) is 2.78. The molecule has 0 unspecified atom stereocenters. The molecule has 0 saturated heterocycles. The molecule has 1 aromatic heterocycles. The Bertz CT molecular complexity index is 714. The minimum atomic E-state index is -0.810. The third kappa shape index (κ3) is 4.18. The van der Waals surface area contributed by atoms with E-state index in [1.807, 2.05) is 18.2 Å². The van der Waals surface area contributed by atoms with E-state index in [2.05, 4.69) is 11.1 Å². The Labute approximate surface area is 133 Å². The summed E-state index contributed by atoms with van der Waals surface area (Å²) in [5, 5.41) is 17.9. The molecular weight excluding hydrogens is 294 g/mol. The minimum Gasteiger partial charge on any atom is -0.297 e. The van der Waals surface area contributed by atoms with Crippen LogP contribution in [0.25, 0.3) is 0 Å². The summed E-state index contributed by atoms with van der Waals surface area (Å²) in [7, 11) is 0. The maximum Gasteiger partial charge on any atom is 0.165 e. The van der Waals surface area contributed by atoms with Crippen molar-refractivity contribution in [3.05, 3.63) is 65.5 Å². The Morgan fingerprint density at radius 3 is 2.55 bits per heavy atom. The van der Waals surface area contributed by atoms with E-state index in [1.165, 1.54) is 11.8 Å². The lowest BCUT2D eigenvalue weighted by molar-refractivity contribution is -0.116. The molecule has 5 heteroatoms. The summed E-state index contributed by atoms with van der Waals surface area (Å²) >= 11 is 1.45. The van der Waals surface area contributed by atoms with Crippen molar-refractivity contribution in [3.8, 4) is 12.1 Å². The first-order valence-corrected chi connectivity index (χ1v) is 7.80. The first-order valence-electron chi connectivity index (χ1n) is 6.64. The highest BCUT2D eigenvalue weighted by molar-refractivity contribution is 7.99. The van der Waals surface area contributed by atoms with Crippen LogP contribution < -0.4 is 0 Å². The number of hydrogen-bond donors (Lipinski definition) is 0. The average Bonchev–Trinajstić information content (AvgIpc) is 2.57. The molecule has 0 saturated carbocycles. The number of hydrogen-bond acceptors (Lipinski definition) is 5. The highest BCUT2D eigenvalue weighted by Crippen LogP contribution is 2.19. The second-order valence-electron chi connectivity index (χ2n) is 4.58. The number of nitrogens with zero attached hydrogens (tertiary/aromatic N) is 3. The van der Waals surface area contributed by atoms with Gasteiger partial charge in [-0.1, -0.05) is 18.2 Å². The summed E-state index contributed by atoms with van der Waals surface area (Å²) in [6, 6.07) is 16.5. The van der Waals surface area contributed by atoms with Gasteiger partial charge in [-0.05, 0) is 29.8 Å². The summed E-state index contributed by atoms with van der Waals surface area (Å²) < 4.78 is 0. The van der Waals surface area contributed by atoms with Gasteiger partial charge in [-0.3, -0.25) is 9.78 Å². The number of pyridine rings is 1. The maximum absolute atomic E-state index is 12.1. The first kappa shape index (κ1) is 15.8. The van der Waals surface area contributed by atoms with Crippen LogP contribution in [0.1, 0.15) is 22.7 Å². The summed E-state index contributed by atoms with van der Waals surface area (Å²) in [6.07, 6.45) is 1.58. The molecule has 0 bridgehead atoms. The number of aromatic nitrogens is 1. The Balaban J connectivity index is 1.89. The molecule has 108 valence electrons. The molecule has 1 atom stereocenters. The standard InChI is InChI=1S/C17H13N3OS/c18-9-13-4-6-14(7-5-13)11-22-12-17(21)15(10-19)16-3-1-2-8-20-16/h1-8,15H,11-12H2/t15-/m0/s1. The largest absolute Gasteiger partial charge is 0.297 e. The quantitative estimate of drug-likeness (QED) is 0.819. The number of benzene rings is 1.